The average Bonchev–Trinajstić information content (AvgIpc) is 3.06. The van der Waals surface area contributed by atoms with Gasteiger partial charge in [-0.3, -0.25) is 4.79 Å². The SMILES string of the molecule is O=C(NC[C@H]1COc2ccccc21)c1ccsc1. The number of rotatable bonds is 3. The van der Waals surface area contributed by atoms with Gasteiger partial charge in [-0.25, -0.2) is 0 Å². The molecule has 0 spiro atoms. The van der Waals surface area contributed by atoms with Crippen molar-refractivity contribution in [3.63, 3.8) is 0 Å². The highest BCUT2D eigenvalue weighted by molar-refractivity contribution is 7.08. The summed E-state index contributed by atoms with van der Waals surface area (Å²) in [5, 5.41) is 6.72. The summed E-state index contributed by atoms with van der Waals surface area (Å²) in [6.45, 7) is 1.26. The summed E-state index contributed by atoms with van der Waals surface area (Å²) in [5.74, 6) is 1.18. The summed E-state index contributed by atoms with van der Waals surface area (Å²) in [4.78, 5) is 11.8. The third-order valence-corrected chi connectivity index (χ3v) is 3.77. The minimum Gasteiger partial charge on any atom is -0.493 e. The standard InChI is InChI=1S/C14H13NO2S/c16-14(10-5-6-18-9-10)15-7-11-8-17-13-4-2-1-3-12(11)13/h1-6,9,11H,7-8H2,(H,15,16)/t11-/m0/s1. The van der Waals surface area contributed by atoms with Crippen LogP contribution in [0.3, 0.4) is 0 Å². The normalized spacial score (nSPS) is 17.0. The van der Waals surface area contributed by atoms with Gasteiger partial charge in [0.25, 0.3) is 5.91 Å². The van der Waals surface area contributed by atoms with Crippen molar-refractivity contribution in [2.75, 3.05) is 13.2 Å². The molecule has 92 valence electrons. The number of fused-ring (bicyclic) bond motifs is 1. The summed E-state index contributed by atoms with van der Waals surface area (Å²) < 4.78 is 5.58. The van der Waals surface area contributed by atoms with E-state index in [1.807, 2.05) is 35.0 Å². The molecule has 3 nitrogen and oxygen atoms in total. The number of hydrogen-bond donors (Lipinski definition) is 1. The summed E-state index contributed by atoms with van der Waals surface area (Å²) in [5.41, 5.74) is 1.91. The van der Waals surface area contributed by atoms with E-state index in [1.54, 1.807) is 0 Å². The number of benzene rings is 1. The van der Waals surface area contributed by atoms with E-state index in [4.69, 9.17) is 4.74 Å². The number of ether oxygens (including phenoxy) is 1. The summed E-state index contributed by atoms with van der Waals surface area (Å²) in [6, 6.07) is 9.82. The second-order valence-electron chi connectivity index (χ2n) is 4.27. The van der Waals surface area contributed by atoms with Gasteiger partial charge in [-0.1, -0.05) is 18.2 Å². The minimum atomic E-state index is -0.0133. The van der Waals surface area contributed by atoms with Crippen molar-refractivity contribution in [3.8, 4) is 5.75 Å². The third kappa shape index (κ3) is 2.11. The first kappa shape index (κ1) is 11.3. The van der Waals surface area contributed by atoms with E-state index in [0.717, 1.165) is 11.3 Å². The molecule has 18 heavy (non-hydrogen) atoms. The van der Waals surface area contributed by atoms with Gasteiger partial charge in [0, 0.05) is 29.0 Å². The predicted octanol–water partition coefficient (Wildman–Crippen LogP) is 2.65. The monoisotopic (exact) mass is 259 g/mol. The van der Waals surface area contributed by atoms with Crippen LogP contribution in [0.5, 0.6) is 5.75 Å². The van der Waals surface area contributed by atoms with E-state index in [2.05, 4.69) is 11.4 Å². The van der Waals surface area contributed by atoms with Gasteiger partial charge in [-0.2, -0.15) is 11.3 Å². The Bertz CT molecular complexity index is 551. The first-order chi connectivity index (χ1) is 8.84. The zero-order valence-electron chi connectivity index (χ0n) is 9.76. The molecule has 1 aliphatic heterocycles. The average molecular weight is 259 g/mol. The molecule has 4 heteroatoms. The van der Waals surface area contributed by atoms with Crippen LogP contribution >= 0.6 is 11.3 Å². The highest BCUT2D eigenvalue weighted by Gasteiger charge is 2.23. The van der Waals surface area contributed by atoms with Crippen LogP contribution in [-0.4, -0.2) is 19.1 Å². The highest BCUT2D eigenvalue weighted by atomic mass is 32.1. The molecular weight excluding hydrogens is 246 g/mol. The smallest absolute Gasteiger partial charge is 0.252 e. The zero-order valence-corrected chi connectivity index (χ0v) is 10.6. The molecule has 0 radical (unpaired) electrons. The molecule has 1 aliphatic rings. The van der Waals surface area contributed by atoms with Crippen molar-refractivity contribution in [3.05, 3.63) is 52.2 Å². The van der Waals surface area contributed by atoms with Crippen molar-refractivity contribution in [2.45, 2.75) is 5.92 Å². The van der Waals surface area contributed by atoms with Gasteiger partial charge in [-0.15, -0.1) is 0 Å². The van der Waals surface area contributed by atoms with Crippen molar-refractivity contribution in [2.24, 2.45) is 0 Å². The largest absolute Gasteiger partial charge is 0.493 e. The fourth-order valence-corrected chi connectivity index (χ4v) is 2.75. The maximum absolute atomic E-state index is 11.8. The van der Waals surface area contributed by atoms with E-state index in [9.17, 15) is 4.79 Å². The molecule has 1 aromatic carbocycles. The third-order valence-electron chi connectivity index (χ3n) is 3.09. The van der Waals surface area contributed by atoms with Crippen LogP contribution in [0.25, 0.3) is 0 Å². The number of nitrogens with one attached hydrogen (secondary N) is 1. The quantitative estimate of drug-likeness (QED) is 0.920. The minimum absolute atomic E-state index is 0.0133. The molecule has 1 atom stereocenters. The summed E-state index contributed by atoms with van der Waals surface area (Å²) in [6.07, 6.45) is 0. The van der Waals surface area contributed by atoms with Gasteiger partial charge < -0.3 is 10.1 Å². The van der Waals surface area contributed by atoms with E-state index >= 15 is 0 Å². The Labute approximate surface area is 109 Å². The predicted molar refractivity (Wildman–Crippen MR) is 71.3 cm³/mol. The van der Waals surface area contributed by atoms with Gasteiger partial charge in [0.15, 0.2) is 0 Å². The molecule has 0 bridgehead atoms. The van der Waals surface area contributed by atoms with Crippen LogP contribution in [-0.2, 0) is 0 Å². The van der Waals surface area contributed by atoms with Gasteiger partial charge in [0.1, 0.15) is 5.75 Å². The number of para-hydroxylation sites is 1. The van der Waals surface area contributed by atoms with Crippen molar-refractivity contribution in [1.29, 1.82) is 0 Å². The summed E-state index contributed by atoms with van der Waals surface area (Å²) >= 11 is 1.53. The first-order valence-corrected chi connectivity index (χ1v) is 6.81. The Balaban J connectivity index is 1.64. The number of carbonyl (C=O) groups is 1. The Hall–Kier alpha value is -1.81. The summed E-state index contributed by atoms with van der Waals surface area (Å²) in [7, 11) is 0. The van der Waals surface area contributed by atoms with Crippen LogP contribution in [0, 0.1) is 0 Å². The second-order valence-corrected chi connectivity index (χ2v) is 5.05. The van der Waals surface area contributed by atoms with Crippen molar-refractivity contribution in [1.82, 2.24) is 5.32 Å². The zero-order chi connectivity index (χ0) is 12.4. The lowest BCUT2D eigenvalue weighted by Crippen LogP contribution is -2.28. The lowest BCUT2D eigenvalue weighted by atomic mass is 10.0. The van der Waals surface area contributed by atoms with Gasteiger partial charge in [-0.05, 0) is 17.5 Å². The maximum Gasteiger partial charge on any atom is 0.252 e. The van der Waals surface area contributed by atoms with Crippen molar-refractivity contribution >= 4 is 17.2 Å². The van der Waals surface area contributed by atoms with Crippen LogP contribution < -0.4 is 10.1 Å². The van der Waals surface area contributed by atoms with Gasteiger partial charge >= 0.3 is 0 Å². The first-order valence-electron chi connectivity index (χ1n) is 5.87. The van der Waals surface area contributed by atoms with Gasteiger partial charge in [0.2, 0.25) is 0 Å². The van der Waals surface area contributed by atoms with E-state index in [0.29, 0.717) is 13.2 Å². The van der Waals surface area contributed by atoms with E-state index < -0.39 is 0 Å². The molecule has 0 aliphatic carbocycles. The van der Waals surface area contributed by atoms with Gasteiger partial charge in [0.05, 0.1) is 6.61 Å². The van der Waals surface area contributed by atoms with E-state index in [-0.39, 0.29) is 11.8 Å². The molecular formula is C14H13NO2S. The highest BCUT2D eigenvalue weighted by Crippen LogP contribution is 2.32. The molecule has 1 aromatic heterocycles. The molecule has 0 unspecified atom stereocenters. The maximum atomic E-state index is 11.8. The second kappa shape index (κ2) is 4.82. The molecule has 0 saturated carbocycles. The number of amides is 1. The molecule has 0 saturated heterocycles. The fourth-order valence-electron chi connectivity index (χ4n) is 2.11. The number of carbonyl (C=O) groups excluding carboxylic acids is 1. The molecule has 1 N–H and O–H groups in total. The Morgan fingerprint density at radius 1 is 1.39 bits per heavy atom. The molecule has 1 amide bonds. The molecule has 0 fully saturated rings. The lowest BCUT2D eigenvalue weighted by molar-refractivity contribution is 0.0950. The number of hydrogen-bond acceptors (Lipinski definition) is 3. The van der Waals surface area contributed by atoms with Crippen LogP contribution in [0.15, 0.2) is 41.1 Å². The Kier molecular flexibility index (Phi) is 3.02. The Morgan fingerprint density at radius 3 is 3.11 bits per heavy atom. The van der Waals surface area contributed by atoms with Crippen LogP contribution in [0.4, 0.5) is 0 Å². The Morgan fingerprint density at radius 2 is 2.28 bits per heavy atom. The van der Waals surface area contributed by atoms with Crippen LogP contribution in [0.1, 0.15) is 21.8 Å². The van der Waals surface area contributed by atoms with Crippen LogP contribution in [0.2, 0.25) is 0 Å². The molecule has 2 heterocycles. The fraction of sp³-hybridized carbons (Fsp3) is 0.214. The van der Waals surface area contributed by atoms with E-state index in [1.165, 1.54) is 16.9 Å². The topological polar surface area (TPSA) is 38.3 Å². The molecule has 3 rings (SSSR count). The van der Waals surface area contributed by atoms with Crippen molar-refractivity contribution < 1.29 is 9.53 Å². The lowest BCUT2D eigenvalue weighted by Gasteiger charge is -2.09. The molecule has 2 aromatic rings. The number of thiophene rings is 1.